The minimum Gasteiger partial charge on any atom is -0.376 e. The van der Waals surface area contributed by atoms with Crippen LogP contribution >= 0.6 is 22.9 Å². The summed E-state index contributed by atoms with van der Waals surface area (Å²) in [5.74, 6) is -0.284. The van der Waals surface area contributed by atoms with Crippen molar-refractivity contribution in [3.05, 3.63) is 46.3 Å². The molecule has 128 valence electrons. The molecule has 5 nitrogen and oxygen atoms in total. The molecule has 1 saturated heterocycles. The molecule has 1 aliphatic heterocycles. The Bertz CT molecular complexity index is 824. The third kappa shape index (κ3) is 3.80. The molecule has 24 heavy (non-hydrogen) atoms. The van der Waals surface area contributed by atoms with Crippen LogP contribution in [0.25, 0.3) is 0 Å². The highest BCUT2D eigenvalue weighted by atomic mass is 35.5. The Kier molecular flexibility index (Phi) is 5.24. The minimum absolute atomic E-state index is 0.0474. The van der Waals surface area contributed by atoms with Gasteiger partial charge in [-0.15, -0.1) is 11.3 Å². The molecule has 3 rings (SSSR count). The lowest BCUT2D eigenvalue weighted by atomic mass is 10.2. The summed E-state index contributed by atoms with van der Waals surface area (Å²) in [5, 5.41) is 3.25. The van der Waals surface area contributed by atoms with Gasteiger partial charge in [0, 0.05) is 18.2 Å². The molecule has 1 aliphatic rings. The summed E-state index contributed by atoms with van der Waals surface area (Å²) >= 11 is 6.74. The number of carbonyl (C=O) groups is 1. The summed E-state index contributed by atoms with van der Waals surface area (Å²) in [5.41, 5.74) is 0. The Labute approximate surface area is 149 Å². The first-order valence-electron chi connectivity index (χ1n) is 7.47. The van der Waals surface area contributed by atoms with Crippen LogP contribution in [0.4, 0.5) is 0 Å². The number of nitrogens with one attached hydrogen (secondary N) is 1. The van der Waals surface area contributed by atoms with Gasteiger partial charge in [-0.3, -0.25) is 4.79 Å². The predicted octanol–water partition coefficient (Wildman–Crippen LogP) is 3.14. The van der Waals surface area contributed by atoms with E-state index < -0.39 is 9.84 Å². The van der Waals surface area contributed by atoms with Crippen LogP contribution in [-0.4, -0.2) is 33.6 Å². The van der Waals surface area contributed by atoms with Crippen LogP contribution < -0.4 is 5.32 Å². The van der Waals surface area contributed by atoms with E-state index in [4.69, 9.17) is 16.3 Å². The zero-order valence-corrected chi connectivity index (χ0v) is 15.1. The fraction of sp³-hybridized carbons (Fsp3) is 0.312. The van der Waals surface area contributed by atoms with Crippen molar-refractivity contribution in [2.24, 2.45) is 0 Å². The fourth-order valence-electron chi connectivity index (χ4n) is 2.42. The largest absolute Gasteiger partial charge is 0.376 e. The maximum absolute atomic E-state index is 12.6. The average Bonchev–Trinajstić information content (AvgIpc) is 3.25. The molecule has 1 aromatic heterocycles. The van der Waals surface area contributed by atoms with Crippen molar-refractivity contribution in [2.75, 3.05) is 13.2 Å². The number of benzene rings is 1. The number of thiophene rings is 1. The van der Waals surface area contributed by atoms with Crippen molar-refractivity contribution in [2.45, 2.75) is 28.1 Å². The topological polar surface area (TPSA) is 72.5 Å². The Morgan fingerprint density at radius 3 is 2.67 bits per heavy atom. The van der Waals surface area contributed by atoms with Crippen molar-refractivity contribution in [1.29, 1.82) is 0 Å². The number of hydrogen-bond donors (Lipinski definition) is 1. The molecule has 8 heteroatoms. The van der Waals surface area contributed by atoms with E-state index >= 15 is 0 Å². The van der Waals surface area contributed by atoms with Crippen molar-refractivity contribution < 1.29 is 17.9 Å². The van der Waals surface area contributed by atoms with E-state index in [9.17, 15) is 13.2 Å². The van der Waals surface area contributed by atoms with Gasteiger partial charge in [-0.25, -0.2) is 8.42 Å². The molecular weight excluding hydrogens is 370 g/mol. The molecule has 2 heterocycles. The summed E-state index contributed by atoms with van der Waals surface area (Å²) in [6, 6.07) is 8.94. The Morgan fingerprint density at radius 1 is 1.25 bits per heavy atom. The van der Waals surface area contributed by atoms with E-state index in [-0.39, 0.29) is 21.1 Å². The monoisotopic (exact) mass is 385 g/mol. The lowest BCUT2D eigenvalue weighted by Crippen LogP contribution is -2.31. The van der Waals surface area contributed by atoms with E-state index in [1.807, 2.05) is 0 Å². The number of halogens is 1. The molecule has 2 aromatic rings. The van der Waals surface area contributed by atoms with Crippen LogP contribution in [0.15, 0.2) is 45.5 Å². The van der Waals surface area contributed by atoms with Gasteiger partial charge in [0.05, 0.1) is 15.9 Å². The lowest BCUT2D eigenvalue weighted by molar-refractivity contribution is 0.0861. The second-order valence-electron chi connectivity index (χ2n) is 5.42. The van der Waals surface area contributed by atoms with Crippen LogP contribution in [0.3, 0.4) is 0 Å². The van der Waals surface area contributed by atoms with Crippen LogP contribution in [0.5, 0.6) is 0 Å². The molecule has 1 fully saturated rings. The van der Waals surface area contributed by atoms with Gasteiger partial charge in [-0.2, -0.15) is 0 Å². The molecule has 1 amide bonds. The van der Waals surface area contributed by atoms with Crippen molar-refractivity contribution >= 4 is 38.7 Å². The van der Waals surface area contributed by atoms with Crippen LogP contribution in [0, 0.1) is 0 Å². The summed E-state index contributed by atoms with van der Waals surface area (Å²) in [7, 11) is -3.64. The molecule has 0 saturated carbocycles. The van der Waals surface area contributed by atoms with Crippen molar-refractivity contribution in [3.8, 4) is 0 Å². The van der Waals surface area contributed by atoms with Gasteiger partial charge < -0.3 is 10.1 Å². The first kappa shape index (κ1) is 17.4. The van der Waals surface area contributed by atoms with Crippen LogP contribution in [0.2, 0.25) is 5.02 Å². The zero-order chi connectivity index (χ0) is 17.2. The van der Waals surface area contributed by atoms with Gasteiger partial charge in [-0.1, -0.05) is 11.6 Å². The third-order valence-electron chi connectivity index (χ3n) is 3.71. The number of rotatable bonds is 5. The second-order valence-corrected chi connectivity index (χ2v) is 9.12. The Balaban J connectivity index is 1.72. The summed E-state index contributed by atoms with van der Waals surface area (Å²) < 4.78 is 30.7. The van der Waals surface area contributed by atoms with E-state index in [1.54, 1.807) is 0 Å². The average molecular weight is 386 g/mol. The third-order valence-corrected chi connectivity index (χ3v) is 7.31. The number of amides is 1. The fourth-order valence-corrected chi connectivity index (χ4v) is 5.17. The molecule has 0 bridgehead atoms. The van der Waals surface area contributed by atoms with Crippen LogP contribution in [0.1, 0.15) is 22.5 Å². The normalized spacial score (nSPS) is 17.8. The molecule has 0 aliphatic carbocycles. The molecule has 0 radical (unpaired) electrons. The zero-order valence-electron chi connectivity index (χ0n) is 12.7. The highest BCUT2D eigenvalue weighted by Crippen LogP contribution is 2.28. The van der Waals surface area contributed by atoms with Gasteiger partial charge in [0.25, 0.3) is 5.91 Å². The molecule has 1 N–H and O–H groups in total. The maximum atomic E-state index is 12.6. The molecule has 1 aromatic carbocycles. The number of sulfone groups is 1. The maximum Gasteiger partial charge on any atom is 0.261 e. The predicted molar refractivity (Wildman–Crippen MR) is 92.5 cm³/mol. The highest BCUT2D eigenvalue weighted by Gasteiger charge is 2.22. The molecular formula is C16H16ClNO4S2. The molecule has 0 spiro atoms. The Morgan fingerprint density at radius 2 is 2.00 bits per heavy atom. The van der Waals surface area contributed by atoms with Gasteiger partial charge in [0.2, 0.25) is 9.84 Å². The van der Waals surface area contributed by atoms with E-state index in [0.717, 1.165) is 30.8 Å². The first-order valence-corrected chi connectivity index (χ1v) is 10.1. The molecule has 1 atom stereocenters. The quantitative estimate of drug-likeness (QED) is 0.858. The van der Waals surface area contributed by atoms with E-state index in [0.29, 0.717) is 16.4 Å². The second kappa shape index (κ2) is 7.23. The van der Waals surface area contributed by atoms with Crippen molar-refractivity contribution in [3.63, 3.8) is 0 Å². The smallest absolute Gasteiger partial charge is 0.261 e. The standard InChI is InChI=1S/C16H16ClNO4S2/c17-11-3-5-13(6-4-11)24(20,21)15-8-7-14(23-15)16(19)18-10-12-2-1-9-22-12/h3-8,12H,1-2,9-10H2,(H,18,19)/t12-/m1/s1. The van der Waals surface area contributed by atoms with Gasteiger partial charge >= 0.3 is 0 Å². The van der Waals surface area contributed by atoms with Gasteiger partial charge in [0.15, 0.2) is 0 Å². The SMILES string of the molecule is O=C(NC[C@H]1CCCO1)c1ccc(S(=O)(=O)c2ccc(Cl)cc2)s1. The summed E-state index contributed by atoms with van der Waals surface area (Å²) in [4.78, 5) is 12.7. The number of hydrogen-bond acceptors (Lipinski definition) is 5. The number of ether oxygens (including phenoxy) is 1. The Hall–Kier alpha value is -1.41. The lowest BCUT2D eigenvalue weighted by Gasteiger charge is -2.09. The number of carbonyl (C=O) groups excluding carboxylic acids is 1. The molecule has 0 unspecified atom stereocenters. The highest BCUT2D eigenvalue weighted by molar-refractivity contribution is 7.93. The summed E-state index contributed by atoms with van der Waals surface area (Å²) in [6.45, 7) is 1.17. The summed E-state index contributed by atoms with van der Waals surface area (Å²) in [6.07, 6.45) is 1.98. The first-order chi connectivity index (χ1) is 11.5. The van der Waals surface area contributed by atoms with E-state index in [2.05, 4.69) is 5.32 Å². The van der Waals surface area contributed by atoms with Gasteiger partial charge in [0.1, 0.15) is 4.21 Å². The van der Waals surface area contributed by atoms with E-state index in [1.165, 1.54) is 36.4 Å². The van der Waals surface area contributed by atoms with Crippen LogP contribution in [-0.2, 0) is 14.6 Å². The van der Waals surface area contributed by atoms with Crippen molar-refractivity contribution in [1.82, 2.24) is 5.32 Å². The minimum atomic E-state index is -3.64. The van der Waals surface area contributed by atoms with Gasteiger partial charge in [-0.05, 0) is 49.2 Å².